The zero-order chi connectivity index (χ0) is 39.6. The van der Waals surface area contributed by atoms with Gasteiger partial charge in [0, 0.05) is 13.1 Å². The van der Waals surface area contributed by atoms with Crippen molar-refractivity contribution in [2.75, 3.05) is 13.1 Å². The fourth-order valence-electron chi connectivity index (χ4n) is 10.3. The van der Waals surface area contributed by atoms with Crippen molar-refractivity contribution in [1.29, 1.82) is 0 Å². The molecule has 7 atom stereocenters. The van der Waals surface area contributed by atoms with Gasteiger partial charge in [-0.25, -0.2) is 13.2 Å². The number of carbonyl (C=O) groups excluding carboxylic acids is 5. The van der Waals surface area contributed by atoms with E-state index in [0.717, 1.165) is 30.4 Å². The molecule has 5 aliphatic rings. The van der Waals surface area contributed by atoms with Crippen LogP contribution in [0.2, 0.25) is 0 Å². The molecule has 1 unspecified atom stereocenters. The highest BCUT2D eigenvalue weighted by molar-refractivity contribution is 7.93. The first-order chi connectivity index (χ1) is 25.3. The first-order valence-corrected chi connectivity index (χ1v) is 21.6. The van der Waals surface area contributed by atoms with Crippen molar-refractivity contribution in [3.63, 3.8) is 0 Å². The Morgan fingerprint density at radius 2 is 1.56 bits per heavy atom. The van der Waals surface area contributed by atoms with E-state index in [1.54, 1.807) is 39.5 Å². The Balaban J connectivity index is 1.29. The van der Waals surface area contributed by atoms with Crippen molar-refractivity contribution in [3.8, 4) is 0 Å². The largest absolute Gasteiger partial charge is 0.350 e. The van der Waals surface area contributed by atoms with Crippen molar-refractivity contribution in [2.24, 2.45) is 29.1 Å². The van der Waals surface area contributed by atoms with Crippen molar-refractivity contribution >= 4 is 39.4 Å². The number of nitrogens with one attached hydrogen (secondary N) is 4. The summed E-state index contributed by atoms with van der Waals surface area (Å²) in [6, 6.07) is 5.49. The number of piperidine rings is 1. The summed E-state index contributed by atoms with van der Waals surface area (Å²) in [5.41, 5.74) is -0.329. The number of hydrogen-bond donors (Lipinski definition) is 4. The zero-order valence-corrected chi connectivity index (χ0v) is 34.2. The van der Waals surface area contributed by atoms with Gasteiger partial charge < -0.3 is 26.2 Å². The Kier molecular flexibility index (Phi) is 10.6. The Labute approximate surface area is 321 Å². The number of likely N-dealkylation sites (N-methyl/N-ethyl adjacent to an activating group) is 1. The minimum Gasteiger partial charge on any atom is -0.350 e. The summed E-state index contributed by atoms with van der Waals surface area (Å²) < 4.78 is 26.6. The molecule has 1 aliphatic heterocycles. The molecule has 3 saturated carbocycles. The van der Waals surface area contributed by atoms with Gasteiger partial charge in [-0.2, -0.15) is 0 Å². The zero-order valence-electron chi connectivity index (χ0n) is 33.3. The topological polar surface area (TPSA) is 171 Å². The molecule has 1 heterocycles. The Hall–Kier alpha value is -3.48. The van der Waals surface area contributed by atoms with Crippen molar-refractivity contribution in [1.82, 2.24) is 26.2 Å². The maximum absolute atomic E-state index is 15.0. The third-order valence-corrected chi connectivity index (χ3v) is 17.1. The molecular formula is C41H61N5O7S. The van der Waals surface area contributed by atoms with Crippen LogP contribution in [-0.4, -0.2) is 89.1 Å². The number of rotatable bonds is 12. The molecule has 5 amide bonds. The summed E-state index contributed by atoms with van der Waals surface area (Å²) in [4.78, 5) is 71.5. The van der Waals surface area contributed by atoms with Gasteiger partial charge in [0.25, 0.3) is 5.91 Å². The molecular weight excluding hydrogens is 707 g/mol. The first kappa shape index (κ1) is 40.2. The predicted molar refractivity (Wildman–Crippen MR) is 206 cm³/mol. The van der Waals surface area contributed by atoms with Gasteiger partial charge in [0.05, 0.1) is 15.5 Å². The molecule has 12 nitrogen and oxygen atoms in total. The number of fused-ring (bicyclic) bond motifs is 2. The molecule has 1 saturated heterocycles. The Bertz CT molecular complexity index is 1770. The van der Waals surface area contributed by atoms with Crippen molar-refractivity contribution in [3.05, 3.63) is 35.4 Å². The van der Waals surface area contributed by atoms with Crippen LogP contribution in [0.5, 0.6) is 0 Å². The maximum Gasteiger partial charge on any atom is 0.315 e. The van der Waals surface area contributed by atoms with Gasteiger partial charge in [0.2, 0.25) is 17.6 Å². The molecule has 0 spiro atoms. The lowest BCUT2D eigenvalue weighted by atomic mass is 9.79. The van der Waals surface area contributed by atoms with Gasteiger partial charge in [-0.3, -0.25) is 19.2 Å². The number of likely N-dealkylation sites (tertiary alicyclic amines) is 1. The van der Waals surface area contributed by atoms with E-state index in [-0.39, 0.29) is 41.5 Å². The van der Waals surface area contributed by atoms with Crippen LogP contribution >= 0.6 is 0 Å². The predicted octanol–water partition coefficient (Wildman–Crippen LogP) is 3.85. The standard InChI is InChI=1S/C41H61N5O7S/c1-9-28-22-41(28,33(47)35(49)42-10-2)44-34(48)32-30-29(39(30,7)8)23-46(32)36(50)31(27-20-25-16-12-13-17-26(25)21-27)43-37(51)45-40(18-14-11-15-19-40)24(3)54(52,53)38(4,5)6/h12-13,16-17,24,27-32H,9-11,14-15,18-23H2,1-8H3,(H,42,49)(H,44,48)(H2,43,45,51)/t24-,28-,29+,30+,31+,32+,41?/m1/s1. The SMILES string of the molecule is CCNC(=O)C(=O)C1(NC(=O)[C@@H]2[C@@H]3[C@H](CN2C(=O)[C@@H](NC(=O)NC2([C@@H](C)S(=O)(=O)C(C)(C)C)CCCCC2)C2Cc4ccccc4C2)C3(C)C)C[C@H]1CC. The maximum atomic E-state index is 15.0. The van der Waals surface area contributed by atoms with E-state index < -0.39 is 66.6 Å². The number of Topliss-reactive ketones (excluding diaryl/α,β-unsaturated/α-hetero) is 1. The lowest BCUT2D eigenvalue weighted by Gasteiger charge is -2.44. The minimum atomic E-state index is -3.66. The third-order valence-electron chi connectivity index (χ3n) is 14.0. The second-order valence-corrected chi connectivity index (χ2v) is 21.4. The van der Waals surface area contributed by atoms with Crippen LogP contribution in [0, 0.1) is 29.1 Å². The molecule has 4 fully saturated rings. The molecule has 0 aromatic heterocycles. The molecule has 54 heavy (non-hydrogen) atoms. The van der Waals surface area contributed by atoms with Gasteiger partial charge in [-0.1, -0.05) is 70.7 Å². The van der Waals surface area contributed by atoms with Crippen LogP contribution in [0.4, 0.5) is 4.79 Å². The van der Waals surface area contributed by atoms with Crippen LogP contribution in [0.15, 0.2) is 24.3 Å². The van der Waals surface area contributed by atoms with E-state index in [0.29, 0.717) is 45.1 Å². The normalized spacial score (nSPS) is 29.2. The lowest BCUT2D eigenvalue weighted by Crippen LogP contribution is -2.65. The highest BCUT2D eigenvalue weighted by atomic mass is 32.2. The lowest BCUT2D eigenvalue weighted by molar-refractivity contribution is -0.145. The first-order valence-electron chi connectivity index (χ1n) is 20.1. The van der Waals surface area contributed by atoms with Crippen LogP contribution in [0.1, 0.15) is 111 Å². The average Bonchev–Trinajstić information content (AvgIpc) is 3.72. The number of sulfone groups is 1. The summed E-state index contributed by atoms with van der Waals surface area (Å²) in [5, 5.41) is 10.9. The van der Waals surface area contributed by atoms with Crippen LogP contribution in [0.3, 0.4) is 0 Å². The van der Waals surface area contributed by atoms with E-state index in [4.69, 9.17) is 0 Å². The average molecular weight is 768 g/mol. The highest BCUT2D eigenvalue weighted by Crippen LogP contribution is 2.65. The summed E-state index contributed by atoms with van der Waals surface area (Å²) in [6.07, 6.45) is 5.58. The second kappa shape index (κ2) is 14.2. The van der Waals surface area contributed by atoms with Crippen molar-refractivity contribution in [2.45, 2.75) is 146 Å². The summed E-state index contributed by atoms with van der Waals surface area (Å²) >= 11 is 0. The van der Waals surface area contributed by atoms with Crippen LogP contribution in [-0.2, 0) is 41.9 Å². The minimum absolute atomic E-state index is 0.0534. The smallest absolute Gasteiger partial charge is 0.315 e. The molecule has 4 aliphatic carbocycles. The van der Waals surface area contributed by atoms with E-state index in [9.17, 15) is 27.6 Å². The molecule has 1 aromatic carbocycles. The van der Waals surface area contributed by atoms with E-state index in [1.165, 1.54) is 0 Å². The molecule has 0 bridgehead atoms. The second-order valence-electron chi connectivity index (χ2n) is 18.4. The van der Waals surface area contributed by atoms with Crippen LogP contribution in [0.25, 0.3) is 0 Å². The van der Waals surface area contributed by atoms with E-state index in [1.807, 2.05) is 31.2 Å². The molecule has 4 N–H and O–H groups in total. The van der Waals surface area contributed by atoms with Gasteiger partial charge >= 0.3 is 6.03 Å². The highest BCUT2D eigenvalue weighted by Gasteiger charge is 2.71. The fraction of sp³-hybridized carbons (Fsp3) is 0.732. The monoisotopic (exact) mass is 767 g/mol. The van der Waals surface area contributed by atoms with Gasteiger partial charge in [-0.15, -0.1) is 0 Å². The summed E-state index contributed by atoms with van der Waals surface area (Å²) in [6.45, 7) is 15.2. The number of urea groups is 1. The third kappa shape index (κ3) is 6.84. The summed E-state index contributed by atoms with van der Waals surface area (Å²) in [7, 11) is -3.66. The van der Waals surface area contributed by atoms with Gasteiger partial charge in [-0.05, 0) is 107 Å². The molecule has 6 rings (SSSR count). The quantitative estimate of drug-likeness (QED) is 0.234. The van der Waals surface area contributed by atoms with Crippen LogP contribution < -0.4 is 21.3 Å². The number of nitrogens with zero attached hydrogens (tertiary/aromatic N) is 1. The fourth-order valence-corrected chi connectivity index (χ4v) is 12.2. The number of amides is 5. The van der Waals surface area contributed by atoms with Gasteiger partial charge in [0.1, 0.15) is 17.6 Å². The molecule has 0 radical (unpaired) electrons. The molecule has 1 aromatic rings. The Morgan fingerprint density at radius 3 is 2.09 bits per heavy atom. The Morgan fingerprint density at radius 1 is 0.944 bits per heavy atom. The summed E-state index contributed by atoms with van der Waals surface area (Å²) in [5.74, 6) is -2.79. The molecule has 13 heteroatoms. The van der Waals surface area contributed by atoms with E-state index >= 15 is 4.79 Å². The molecule has 298 valence electrons. The van der Waals surface area contributed by atoms with Crippen molar-refractivity contribution < 1.29 is 32.4 Å². The number of carbonyl (C=O) groups is 5. The van der Waals surface area contributed by atoms with Gasteiger partial charge in [0.15, 0.2) is 9.84 Å². The number of hydrogen-bond acceptors (Lipinski definition) is 7. The van der Waals surface area contributed by atoms with E-state index in [2.05, 4.69) is 35.1 Å². The number of ketones is 1. The number of benzene rings is 1.